The Morgan fingerprint density at radius 1 is 1.56 bits per heavy atom. The van der Waals surface area contributed by atoms with Crippen molar-refractivity contribution in [3.8, 4) is 0 Å². The Balaban J connectivity index is 2.35. The van der Waals surface area contributed by atoms with Gasteiger partial charge in [0, 0.05) is 18.8 Å². The summed E-state index contributed by atoms with van der Waals surface area (Å²) in [7, 11) is 1.74. The number of hydrogen-bond acceptors (Lipinski definition) is 4. The summed E-state index contributed by atoms with van der Waals surface area (Å²) in [4.78, 5) is 22.2. The fraction of sp³-hybridized carbons (Fsp3) is 0.583. The molecule has 0 fully saturated rings. The van der Waals surface area contributed by atoms with Crippen molar-refractivity contribution in [2.45, 2.75) is 37.4 Å². The molecule has 1 atom stereocenters. The number of carbonyl (C=O) groups excluding carboxylic acids is 1. The van der Waals surface area contributed by atoms with Gasteiger partial charge < -0.3 is 5.32 Å². The molecule has 0 radical (unpaired) electrons. The van der Waals surface area contributed by atoms with Gasteiger partial charge in [0.25, 0.3) is 0 Å². The molecular weight excluding hydrogens is 248 g/mol. The summed E-state index contributed by atoms with van der Waals surface area (Å²) in [6.07, 6.45) is 6.90. The predicted molar refractivity (Wildman–Crippen MR) is 73.0 cm³/mol. The van der Waals surface area contributed by atoms with E-state index in [9.17, 15) is 4.79 Å². The summed E-state index contributed by atoms with van der Waals surface area (Å²) in [6.45, 7) is 2.14. The van der Waals surface area contributed by atoms with E-state index >= 15 is 0 Å². The maximum absolute atomic E-state index is 11.9. The van der Waals surface area contributed by atoms with E-state index in [1.807, 2.05) is 12.5 Å². The quantitative estimate of drug-likeness (QED) is 0.672. The molecule has 2 rings (SSSR count). The van der Waals surface area contributed by atoms with Gasteiger partial charge in [-0.25, -0.2) is 14.8 Å². The Morgan fingerprint density at radius 3 is 3.00 bits per heavy atom. The molecule has 0 aliphatic carbocycles. The lowest BCUT2D eigenvalue weighted by molar-refractivity contribution is 0.240. The lowest BCUT2D eigenvalue weighted by Gasteiger charge is -2.31. The molecule has 0 saturated heterocycles. The zero-order valence-corrected chi connectivity index (χ0v) is 11.8. The number of thioether (sulfide) groups is 1. The summed E-state index contributed by atoms with van der Waals surface area (Å²) < 4.78 is 0. The second-order valence-electron chi connectivity index (χ2n) is 4.34. The van der Waals surface area contributed by atoms with E-state index in [4.69, 9.17) is 0 Å². The number of aromatic nitrogens is 2. The van der Waals surface area contributed by atoms with Gasteiger partial charge in [0.15, 0.2) is 5.16 Å². The molecule has 0 bridgehead atoms. The van der Waals surface area contributed by atoms with Gasteiger partial charge in [0.1, 0.15) is 5.82 Å². The zero-order valence-electron chi connectivity index (χ0n) is 10.9. The molecule has 0 spiro atoms. The van der Waals surface area contributed by atoms with Crippen LogP contribution in [0.1, 0.15) is 37.8 Å². The molecule has 1 aromatic heterocycles. The van der Waals surface area contributed by atoms with Gasteiger partial charge in [-0.15, -0.1) is 0 Å². The van der Waals surface area contributed by atoms with Gasteiger partial charge in [-0.1, -0.05) is 31.5 Å². The minimum Gasteiger partial charge on any atom is -0.331 e. The van der Waals surface area contributed by atoms with Gasteiger partial charge in [0.2, 0.25) is 0 Å². The van der Waals surface area contributed by atoms with Gasteiger partial charge in [-0.3, -0.25) is 4.90 Å². The minimum absolute atomic E-state index is 0.0413. The first kappa shape index (κ1) is 13.1. The molecular formula is C12H18N4OS. The van der Waals surface area contributed by atoms with E-state index in [2.05, 4.69) is 22.2 Å². The summed E-state index contributed by atoms with van der Waals surface area (Å²) in [6, 6.07) is -0.0473. The van der Waals surface area contributed by atoms with Crippen molar-refractivity contribution in [1.29, 1.82) is 0 Å². The number of nitrogens with zero attached hydrogens (tertiary/aromatic N) is 3. The summed E-state index contributed by atoms with van der Waals surface area (Å²) in [5.41, 5.74) is 1.02. The van der Waals surface area contributed by atoms with Crippen LogP contribution in [0.15, 0.2) is 11.4 Å². The van der Waals surface area contributed by atoms with E-state index in [-0.39, 0.29) is 12.1 Å². The van der Waals surface area contributed by atoms with Crippen molar-refractivity contribution in [2.75, 3.05) is 18.2 Å². The predicted octanol–water partition coefficient (Wildman–Crippen LogP) is 2.59. The van der Waals surface area contributed by atoms with Crippen molar-refractivity contribution in [3.05, 3.63) is 11.8 Å². The second kappa shape index (κ2) is 5.56. The summed E-state index contributed by atoms with van der Waals surface area (Å²) >= 11 is 1.48. The van der Waals surface area contributed by atoms with Crippen LogP contribution in [-0.4, -0.2) is 29.3 Å². The number of rotatable bonds is 4. The maximum atomic E-state index is 11.9. The molecule has 18 heavy (non-hydrogen) atoms. The Labute approximate surface area is 111 Å². The maximum Gasteiger partial charge on any atom is 0.323 e. The molecule has 1 aliphatic rings. The van der Waals surface area contributed by atoms with Gasteiger partial charge in [0.05, 0.1) is 6.04 Å². The van der Waals surface area contributed by atoms with Gasteiger partial charge in [-0.05, 0) is 12.7 Å². The highest BCUT2D eigenvalue weighted by Crippen LogP contribution is 2.31. The number of unbranched alkanes of at least 4 members (excludes halogenated alkanes) is 1. The van der Waals surface area contributed by atoms with Crippen LogP contribution in [0.3, 0.4) is 0 Å². The number of nitrogens with one attached hydrogen (secondary N) is 1. The Bertz CT molecular complexity index is 452. The summed E-state index contributed by atoms with van der Waals surface area (Å²) in [5.74, 6) is 0.735. The Morgan fingerprint density at radius 2 is 2.33 bits per heavy atom. The first-order chi connectivity index (χ1) is 8.67. The van der Waals surface area contributed by atoms with E-state index in [0.717, 1.165) is 30.6 Å². The van der Waals surface area contributed by atoms with Crippen LogP contribution in [0, 0.1) is 0 Å². The average Bonchev–Trinajstić information content (AvgIpc) is 2.40. The Hall–Kier alpha value is -1.30. The molecule has 0 saturated carbocycles. The van der Waals surface area contributed by atoms with Crippen LogP contribution in [-0.2, 0) is 0 Å². The highest BCUT2D eigenvalue weighted by molar-refractivity contribution is 7.98. The van der Waals surface area contributed by atoms with Crippen molar-refractivity contribution in [1.82, 2.24) is 15.3 Å². The average molecular weight is 266 g/mol. The van der Waals surface area contributed by atoms with E-state index in [0.29, 0.717) is 5.16 Å². The third kappa shape index (κ3) is 2.43. The topological polar surface area (TPSA) is 58.1 Å². The largest absolute Gasteiger partial charge is 0.331 e. The number of urea groups is 1. The molecule has 1 aromatic rings. The van der Waals surface area contributed by atoms with Crippen LogP contribution in [0.25, 0.3) is 0 Å². The number of hydrogen-bond donors (Lipinski definition) is 1. The summed E-state index contributed by atoms with van der Waals surface area (Å²) in [5, 5.41) is 3.69. The normalized spacial score (nSPS) is 18.5. The zero-order chi connectivity index (χ0) is 13.1. The smallest absolute Gasteiger partial charge is 0.323 e. The van der Waals surface area contributed by atoms with Crippen LogP contribution in [0.2, 0.25) is 0 Å². The third-order valence-corrected chi connectivity index (χ3v) is 3.66. The van der Waals surface area contributed by atoms with Crippen LogP contribution in [0.4, 0.5) is 10.6 Å². The fourth-order valence-corrected chi connectivity index (χ4v) is 2.37. The van der Waals surface area contributed by atoms with Crippen LogP contribution in [0.5, 0.6) is 0 Å². The van der Waals surface area contributed by atoms with Crippen molar-refractivity contribution < 1.29 is 4.79 Å². The minimum atomic E-state index is -0.0886. The van der Waals surface area contributed by atoms with E-state index in [1.165, 1.54) is 11.8 Å². The first-order valence-electron chi connectivity index (χ1n) is 6.12. The first-order valence-corrected chi connectivity index (χ1v) is 7.35. The SMILES string of the molecule is CCCCC1NC(=O)N(C)c2nc(SC)ncc21. The molecule has 98 valence electrons. The van der Waals surface area contributed by atoms with Crippen molar-refractivity contribution in [3.63, 3.8) is 0 Å². The Kier molecular flexibility index (Phi) is 4.06. The molecule has 1 unspecified atom stereocenters. The molecule has 2 amide bonds. The number of carbonyl (C=O) groups is 1. The van der Waals surface area contributed by atoms with Gasteiger partial charge >= 0.3 is 6.03 Å². The molecule has 1 aliphatic heterocycles. The molecule has 2 heterocycles. The van der Waals surface area contributed by atoms with Crippen LogP contribution < -0.4 is 10.2 Å². The third-order valence-electron chi connectivity index (χ3n) is 3.10. The lowest BCUT2D eigenvalue weighted by atomic mass is 10.0. The monoisotopic (exact) mass is 266 g/mol. The standard InChI is InChI=1S/C12H18N4OS/c1-4-5-6-9-8-7-13-11(18-3)15-10(8)16(2)12(17)14-9/h7,9H,4-6H2,1-3H3,(H,14,17). The molecule has 0 aromatic carbocycles. The van der Waals surface area contributed by atoms with Crippen LogP contribution >= 0.6 is 11.8 Å². The molecule has 1 N–H and O–H groups in total. The molecule has 6 heteroatoms. The fourth-order valence-electron chi connectivity index (χ4n) is 2.04. The van der Waals surface area contributed by atoms with Crippen molar-refractivity contribution >= 4 is 23.6 Å². The highest BCUT2D eigenvalue weighted by Gasteiger charge is 2.29. The molecule has 5 nitrogen and oxygen atoms in total. The van der Waals surface area contributed by atoms with Crippen molar-refractivity contribution in [2.24, 2.45) is 0 Å². The lowest BCUT2D eigenvalue weighted by Crippen LogP contribution is -2.45. The number of amides is 2. The second-order valence-corrected chi connectivity index (χ2v) is 5.11. The number of anilines is 1. The van der Waals surface area contributed by atoms with E-state index in [1.54, 1.807) is 11.9 Å². The highest BCUT2D eigenvalue weighted by atomic mass is 32.2. The number of fused-ring (bicyclic) bond motifs is 1. The van der Waals surface area contributed by atoms with Gasteiger partial charge in [-0.2, -0.15) is 0 Å². The van der Waals surface area contributed by atoms with E-state index < -0.39 is 0 Å².